The molecule has 1 nitrogen and oxygen atoms in total. The normalized spacial score (nSPS) is 11.7. The summed E-state index contributed by atoms with van der Waals surface area (Å²) in [6, 6.07) is -0.462. The van der Waals surface area contributed by atoms with E-state index in [0.717, 1.165) is 19.3 Å². The molecule has 0 heterocycles. The Bertz CT molecular complexity index is 99.4. The maximum absolute atomic E-state index is 12.2. The number of methoxy groups -OCH3 is 1. The number of halogens is 1. The molecule has 0 aromatic carbocycles. The number of hydrogen-bond acceptors (Lipinski definition) is 1. The predicted octanol–water partition coefficient (Wildman–Crippen LogP) is 3.02. The van der Waals surface area contributed by atoms with E-state index in [1.807, 2.05) is 0 Å². The fourth-order valence-corrected chi connectivity index (χ4v) is 0.693. The second-order valence-electron chi connectivity index (χ2n) is 2.21. The van der Waals surface area contributed by atoms with Crippen molar-refractivity contribution >= 4 is 0 Å². The van der Waals surface area contributed by atoms with Crippen LogP contribution in [0.2, 0.25) is 0 Å². The Morgan fingerprint density at radius 1 is 1.50 bits per heavy atom. The third kappa shape index (κ3) is 5.60. The molecular weight excluding hydrogens is 131 g/mol. The van der Waals surface area contributed by atoms with Gasteiger partial charge in [-0.05, 0) is 18.9 Å². The molecule has 0 unspecified atom stereocenters. The quantitative estimate of drug-likeness (QED) is 0.428. The molecule has 0 N–H and O–H groups in total. The molecule has 0 aliphatic heterocycles. The van der Waals surface area contributed by atoms with Gasteiger partial charge in [-0.3, -0.25) is 0 Å². The first-order valence-corrected chi connectivity index (χ1v) is 3.71. The van der Waals surface area contributed by atoms with Crippen LogP contribution in [0.25, 0.3) is 0 Å². The molecule has 0 radical (unpaired) electrons. The van der Waals surface area contributed by atoms with Crippen molar-refractivity contribution in [2.45, 2.75) is 32.6 Å². The van der Waals surface area contributed by atoms with E-state index in [1.165, 1.54) is 19.6 Å². The van der Waals surface area contributed by atoms with Crippen molar-refractivity contribution in [1.29, 1.82) is 0 Å². The van der Waals surface area contributed by atoms with Crippen molar-refractivity contribution in [2.75, 3.05) is 7.11 Å². The van der Waals surface area contributed by atoms with Crippen molar-refractivity contribution in [3.63, 3.8) is 0 Å². The second kappa shape index (κ2) is 6.59. The zero-order valence-corrected chi connectivity index (χ0v) is 6.69. The summed E-state index contributed by atoms with van der Waals surface area (Å²) < 4.78 is 16.5. The van der Waals surface area contributed by atoms with E-state index in [4.69, 9.17) is 0 Å². The first kappa shape index (κ1) is 9.47. The van der Waals surface area contributed by atoms with Crippen LogP contribution in [0.5, 0.6) is 0 Å². The van der Waals surface area contributed by atoms with Crippen LogP contribution in [0.1, 0.15) is 32.6 Å². The van der Waals surface area contributed by atoms with Gasteiger partial charge in [0, 0.05) is 0 Å². The SMILES string of the molecule is CCCCCC=C(F)OC. The molecule has 0 aromatic heterocycles. The summed E-state index contributed by atoms with van der Waals surface area (Å²) in [6.07, 6.45) is 5.65. The van der Waals surface area contributed by atoms with Gasteiger partial charge in [0.2, 0.25) is 0 Å². The minimum atomic E-state index is -0.462. The lowest BCUT2D eigenvalue weighted by atomic mass is 10.2. The van der Waals surface area contributed by atoms with Crippen LogP contribution in [0.4, 0.5) is 4.39 Å². The van der Waals surface area contributed by atoms with E-state index in [1.54, 1.807) is 0 Å². The van der Waals surface area contributed by atoms with Crippen molar-refractivity contribution in [3.05, 3.63) is 12.1 Å². The fraction of sp³-hybridized carbons (Fsp3) is 0.750. The molecule has 10 heavy (non-hydrogen) atoms. The molecule has 0 amide bonds. The molecular formula is C8H15FO. The largest absolute Gasteiger partial charge is 0.474 e. The van der Waals surface area contributed by atoms with Crippen molar-refractivity contribution in [3.8, 4) is 0 Å². The van der Waals surface area contributed by atoms with E-state index in [-0.39, 0.29) is 0 Å². The summed E-state index contributed by atoms with van der Waals surface area (Å²) in [5.41, 5.74) is 0. The number of hydrogen-bond donors (Lipinski definition) is 0. The Hall–Kier alpha value is -0.530. The molecule has 0 bridgehead atoms. The third-order valence-electron chi connectivity index (χ3n) is 1.31. The minimum Gasteiger partial charge on any atom is -0.474 e. The monoisotopic (exact) mass is 146 g/mol. The first-order chi connectivity index (χ1) is 4.81. The van der Waals surface area contributed by atoms with Gasteiger partial charge < -0.3 is 4.74 Å². The Morgan fingerprint density at radius 2 is 2.20 bits per heavy atom. The lowest BCUT2D eigenvalue weighted by molar-refractivity contribution is 0.201. The highest BCUT2D eigenvalue weighted by atomic mass is 19.1. The molecule has 0 rings (SSSR count). The maximum Gasteiger partial charge on any atom is 0.268 e. The van der Waals surface area contributed by atoms with Gasteiger partial charge in [0.05, 0.1) is 7.11 Å². The van der Waals surface area contributed by atoms with Crippen LogP contribution >= 0.6 is 0 Å². The molecule has 0 fully saturated rings. The Balaban J connectivity index is 3.16. The van der Waals surface area contributed by atoms with E-state index >= 15 is 0 Å². The van der Waals surface area contributed by atoms with Crippen LogP contribution < -0.4 is 0 Å². The molecule has 60 valence electrons. The molecule has 0 aliphatic rings. The molecule has 0 spiro atoms. The summed E-state index contributed by atoms with van der Waals surface area (Å²) in [4.78, 5) is 0. The second-order valence-corrected chi connectivity index (χ2v) is 2.21. The topological polar surface area (TPSA) is 9.23 Å². The molecule has 0 atom stereocenters. The fourth-order valence-electron chi connectivity index (χ4n) is 0.693. The summed E-state index contributed by atoms with van der Waals surface area (Å²) in [7, 11) is 1.34. The summed E-state index contributed by atoms with van der Waals surface area (Å²) in [5, 5.41) is 0. The van der Waals surface area contributed by atoms with E-state index < -0.39 is 6.01 Å². The average Bonchev–Trinajstić information content (AvgIpc) is 1.98. The number of unbranched alkanes of at least 4 members (excludes halogenated alkanes) is 3. The maximum atomic E-state index is 12.2. The standard InChI is InChI=1S/C8H15FO/c1-3-4-5-6-7-8(9)10-2/h7H,3-6H2,1-2H3. The van der Waals surface area contributed by atoms with Crippen LogP contribution in [-0.2, 0) is 4.74 Å². The Morgan fingerprint density at radius 3 is 2.70 bits per heavy atom. The van der Waals surface area contributed by atoms with E-state index in [2.05, 4.69) is 11.7 Å². The average molecular weight is 146 g/mol. The Kier molecular flexibility index (Phi) is 6.24. The van der Waals surface area contributed by atoms with Crippen LogP contribution in [0.3, 0.4) is 0 Å². The summed E-state index contributed by atoms with van der Waals surface area (Å²) >= 11 is 0. The van der Waals surface area contributed by atoms with Crippen molar-refractivity contribution < 1.29 is 9.13 Å². The highest BCUT2D eigenvalue weighted by Gasteiger charge is 1.88. The molecule has 0 aromatic rings. The summed E-state index contributed by atoms with van der Waals surface area (Å²) in [6.45, 7) is 2.12. The zero-order valence-electron chi connectivity index (χ0n) is 6.69. The third-order valence-corrected chi connectivity index (χ3v) is 1.31. The predicted molar refractivity (Wildman–Crippen MR) is 40.3 cm³/mol. The van der Waals surface area contributed by atoms with Crippen LogP contribution in [0.15, 0.2) is 12.1 Å². The van der Waals surface area contributed by atoms with E-state index in [0.29, 0.717) is 0 Å². The van der Waals surface area contributed by atoms with Gasteiger partial charge in [-0.15, -0.1) is 0 Å². The molecule has 0 saturated heterocycles. The van der Waals surface area contributed by atoms with E-state index in [9.17, 15) is 4.39 Å². The van der Waals surface area contributed by atoms with Gasteiger partial charge >= 0.3 is 0 Å². The Labute approximate surface area is 61.9 Å². The summed E-state index contributed by atoms with van der Waals surface area (Å²) in [5.74, 6) is 0. The minimum absolute atomic E-state index is 0.462. The van der Waals surface area contributed by atoms with Crippen molar-refractivity contribution in [1.82, 2.24) is 0 Å². The van der Waals surface area contributed by atoms with Gasteiger partial charge in [-0.25, -0.2) is 0 Å². The van der Waals surface area contributed by atoms with Gasteiger partial charge in [0.25, 0.3) is 6.01 Å². The highest BCUT2D eigenvalue weighted by molar-refractivity contribution is 4.80. The van der Waals surface area contributed by atoms with Crippen LogP contribution in [-0.4, -0.2) is 7.11 Å². The number of allylic oxidation sites excluding steroid dienone is 1. The lowest BCUT2D eigenvalue weighted by Gasteiger charge is -1.93. The molecule has 0 saturated carbocycles. The van der Waals surface area contributed by atoms with Crippen LogP contribution in [0, 0.1) is 0 Å². The lowest BCUT2D eigenvalue weighted by Crippen LogP contribution is -1.77. The van der Waals surface area contributed by atoms with Gasteiger partial charge in [-0.1, -0.05) is 19.8 Å². The highest BCUT2D eigenvalue weighted by Crippen LogP contribution is 2.04. The van der Waals surface area contributed by atoms with Gasteiger partial charge in [0.15, 0.2) is 0 Å². The smallest absolute Gasteiger partial charge is 0.268 e. The first-order valence-electron chi connectivity index (χ1n) is 3.71. The molecule has 2 heteroatoms. The van der Waals surface area contributed by atoms with Gasteiger partial charge in [-0.2, -0.15) is 4.39 Å². The molecule has 0 aliphatic carbocycles. The number of ether oxygens (including phenoxy) is 1. The van der Waals surface area contributed by atoms with Gasteiger partial charge in [0.1, 0.15) is 0 Å². The zero-order chi connectivity index (χ0) is 7.82. The number of rotatable bonds is 5. The van der Waals surface area contributed by atoms with Crippen molar-refractivity contribution in [2.24, 2.45) is 0 Å².